The zero-order valence-electron chi connectivity index (χ0n) is 9.38. The Kier molecular flexibility index (Phi) is 2.74. The van der Waals surface area contributed by atoms with E-state index in [2.05, 4.69) is 15.0 Å². The van der Waals surface area contributed by atoms with Crippen molar-refractivity contribution in [2.75, 3.05) is 12.3 Å². The molecule has 3 N–H and O–H groups in total. The van der Waals surface area contributed by atoms with E-state index in [1.807, 2.05) is 18.4 Å². The number of rotatable bonds is 3. The molecule has 0 radical (unpaired) electrons. The molecule has 0 unspecified atom stereocenters. The molecular weight excluding hydrogens is 206 g/mol. The highest BCUT2D eigenvalue weighted by Gasteiger charge is 2.12. The number of aliphatic hydroxyl groups is 1. The van der Waals surface area contributed by atoms with Crippen molar-refractivity contribution in [3.63, 3.8) is 0 Å². The summed E-state index contributed by atoms with van der Waals surface area (Å²) in [4.78, 5) is 12.6. The lowest BCUT2D eigenvalue weighted by molar-refractivity contribution is 0.297. The normalized spacial score (nSPS) is 11.5. The van der Waals surface area contributed by atoms with E-state index in [1.54, 1.807) is 6.33 Å². The van der Waals surface area contributed by atoms with Gasteiger partial charge in [0.05, 0.1) is 12.9 Å². The van der Waals surface area contributed by atoms with Crippen molar-refractivity contribution < 1.29 is 5.11 Å². The van der Waals surface area contributed by atoms with E-state index in [0.29, 0.717) is 23.6 Å². The highest BCUT2D eigenvalue weighted by atomic mass is 16.3. The molecule has 0 saturated heterocycles. The van der Waals surface area contributed by atoms with Crippen LogP contribution in [0.3, 0.4) is 0 Å². The zero-order chi connectivity index (χ0) is 11.7. The third kappa shape index (κ3) is 1.71. The van der Waals surface area contributed by atoms with Crippen LogP contribution in [0.5, 0.6) is 0 Å². The Bertz CT molecular complexity index is 505. The Morgan fingerprint density at radius 3 is 2.81 bits per heavy atom. The number of hydrogen-bond donors (Lipinski definition) is 2. The number of anilines is 1. The van der Waals surface area contributed by atoms with Crippen molar-refractivity contribution >= 4 is 17.0 Å². The highest BCUT2D eigenvalue weighted by molar-refractivity contribution is 5.81. The largest absolute Gasteiger partial charge is 0.396 e. The number of imidazole rings is 1. The van der Waals surface area contributed by atoms with Gasteiger partial charge in [0, 0.05) is 12.5 Å². The van der Waals surface area contributed by atoms with Gasteiger partial charge in [-0.3, -0.25) is 0 Å². The second kappa shape index (κ2) is 4.05. The molecule has 0 spiro atoms. The lowest BCUT2D eigenvalue weighted by Crippen LogP contribution is -2.06. The first-order chi connectivity index (χ1) is 7.63. The molecule has 16 heavy (non-hydrogen) atoms. The van der Waals surface area contributed by atoms with Crippen LogP contribution in [0.4, 0.5) is 5.82 Å². The fourth-order valence-corrected chi connectivity index (χ4v) is 1.57. The topological polar surface area (TPSA) is 89.9 Å². The van der Waals surface area contributed by atoms with E-state index >= 15 is 0 Å². The maximum Gasteiger partial charge on any atom is 0.165 e. The van der Waals surface area contributed by atoms with Crippen LogP contribution in [-0.4, -0.2) is 31.2 Å². The van der Waals surface area contributed by atoms with E-state index in [0.717, 1.165) is 5.65 Å². The average molecular weight is 221 g/mol. The Labute approximate surface area is 93.1 Å². The van der Waals surface area contributed by atoms with Crippen LogP contribution in [0, 0.1) is 0 Å². The van der Waals surface area contributed by atoms with E-state index in [9.17, 15) is 0 Å². The monoisotopic (exact) mass is 221 g/mol. The molecule has 0 atom stereocenters. The van der Waals surface area contributed by atoms with Crippen molar-refractivity contribution in [2.45, 2.75) is 26.3 Å². The SMILES string of the molecule is CC(C)n1cnc2c(N)nc(CCO)nc21. The molecule has 0 aliphatic heterocycles. The van der Waals surface area contributed by atoms with Gasteiger partial charge in [-0.2, -0.15) is 0 Å². The van der Waals surface area contributed by atoms with Gasteiger partial charge in [-0.25, -0.2) is 15.0 Å². The molecule has 2 aromatic heterocycles. The summed E-state index contributed by atoms with van der Waals surface area (Å²) in [5.41, 5.74) is 7.14. The van der Waals surface area contributed by atoms with E-state index in [4.69, 9.17) is 10.8 Å². The molecule has 2 aromatic rings. The van der Waals surface area contributed by atoms with Crippen molar-refractivity contribution in [3.05, 3.63) is 12.2 Å². The summed E-state index contributed by atoms with van der Waals surface area (Å²) in [6.45, 7) is 4.11. The molecule has 0 saturated carbocycles. The minimum Gasteiger partial charge on any atom is -0.396 e. The summed E-state index contributed by atoms with van der Waals surface area (Å²) in [6, 6.07) is 0.265. The summed E-state index contributed by atoms with van der Waals surface area (Å²) in [5, 5.41) is 8.87. The van der Waals surface area contributed by atoms with Crippen LogP contribution >= 0.6 is 0 Å². The summed E-state index contributed by atoms with van der Waals surface area (Å²) in [5.74, 6) is 0.919. The molecule has 6 nitrogen and oxygen atoms in total. The van der Waals surface area contributed by atoms with Gasteiger partial charge in [0.2, 0.25) is 0 Å². The number of aliphatic hydroxyl groups excluding tert-OH is 1. The molecule has 0 fully saturated rings. The zero-order valence-corrected chi connectivity index (χ0v) is 9.38. The second-order valence-electron chi connectivity index (χ2n) is 3.92. The number of nitrogens with zero attached hydrogens (tertiary/aromatic N) is 4. The van der Waals surface area contributed by atoms with Crippen molar-refractivity contribution in [3.8, 4) is 0 Å². The maximum absolute atomic E-state index is 8.87. The number of fused-ring (bicyclic) bond motifs is 1. The molecule has 0 aliphatic rings. The molecule has 0 aromatic carbocycles. The van der Waals surface area contributed by atoms with Gasteiger partial charge in [-0.1, -0.05) is 0 Å². The lowest BCUT2D eigenvalue weighted by Gasteiger charge is -2.08. The summed E-state index contributed by atoms with van der Waals surface area (Å²) in [6.07, 6.45) is 2.12. The van der Waals surface area contributed by atoms with Gasteiger partial charge in [0.15, 0.2) is 11.5 Å². The maximum atomic E-state index is 8.87. The molecule has 2 heterocycles. The minimum absolute atomic E-state index is 0.0146. The predicted molar refractivity (Wildman–Crippen MR) is 60.9 cm³/mol. The number of aromatic nitrogens is 4. The molecular formula is C10H15N5O. The Morgan fingerprint density at radius 2 is 2.19 bits per heavy atom. The van der Waals surface area contributed by atoms with E-state index in [-0.39, 0.29) is 12.6 Å². The van der Waals surface area contributed by atoms with Crippen LogP contribution < -0.4 is 5.73 Å². The molecule has 2 rings (SSSR count). The van der Waals surface area contributed by atoms with Gasteiger partial charge in [0.1, 0.15) is 11.3 Å². The van der Waals surface area contributed by atoms with Gasteiger partial charge >= 0.3 is 0 Å². The van der Waals surface area contributed by atoms with Crippen LogP contribution in [0.15, 0.2) is 6.33 Å². The Hall–Kier alpha value is -1.69. The first-order valence-electron chi connectivity index (χ1n) is 5.23. The Balaban J connectivity index is 2.61. The first kappa shape index (κ1) is 10.8. The van der Waals surface area contributed by atoms with Gasteiger partial charge in [0.25, 0.3) is 0 Å². The fraction of sp³-hybridized carbons (Fsp3) is 0.500. The Morgan fingerprint density at radius 1 is 1.44 bits per heavy atom. The molecule has 0 amide bonds. The van der Waals surface area contributed by atoms with Crippen LogP contribution in [-0.2, 0) is 6.42 Å². The lowest BCUT2D eigenvalue weighted by atomic mass is 10.3. The standard InChI is InChI=1S/C10H15N5O/c1-6(2)15-5-12-8-9(11)13-7(3-4-16)14-10(8)15/h5-6,16H,3-4H2,1-2H3,(H2,11,13,14). The van der Waals surface area contributed by atoms with Gasteiger partial charge in [-0.15, -0.1) is 0 Å². The summed E-state index contributed by atoms with van der Waals surface area (Å²) in [7, 11) is 0. The molecule has 0 bridgehead atoms. The van der Waals surface area contributed by atoms with Crippen LogP contribution in [0.25, 0.3) is 11.2 Å². The summed E-state index contributed by atoms with van der Waals surface area (Å²) < 4.78 is 1.94. The number of nitrogen functional groups attached to an aromatic ring is 1. The molecule has 0 aliphatic carbocycles. The first-order valence-corrected chi connectivity index (χ1v) is 5.23. The molecule has 86 valence electrons. The van der Waals surface area contributed by atoms with Crippen LogP contribution in [0.1, 0.15) is 25.7 Å². The fourth-order valence-electron chi connectivity index (χ4n) is 1.57. The average Bonchev–Trinajstić information content (AvgIpc) is 2.62. The third-order valence-electron chi connectivity index (χ3n) is 2.39. The predicted octanol–water partition coefficient (Wildman–Crippen LogP) is 0.524. The highest BCUT2D eigenvalue weighted by Crippen LogP contribution is 2.19. The van der Waals surface area contributed by atoms with Gasteiger partial charge in [-0.05, 0) is 13.8 Å². The second-order valence-corrected chi connectivity index (χ2v) is 3.92. The van der Waals surface area contributed by atoms with E-state index < -0.39 is 0 Å². The minimum atomic E-state index is 0.0146. The van der Waals surface area contributed by atoms with E-state index in [1.165, 1.54) is 0 Å². The molecule has 6 heteroatoms. The van der Waals surface area contributed by atoms with Crippen LogP contribution in [0.2, 0.25) is 0 Å². The number of nitrogens with two attached hydrogens (primary N) is 1. The smallest absolute Gasteiger partial charge is 0.165 e. The third-order valence-corrected chi connectivity index (χ3v) is 2.39. The van der Waals surface area contributed by atoms with Gasteiger partial charge < -0.3 is 15.4 Å². The van der Waals surface area contributed by atoms with Crippen molar-refractivity contribution in [1.82, 2.24) is 19.5 Å². The van der Waals surface area contributed by atoms with Crippen molar-refractivity contribution in [2.24, 2.45) is 0 Å². The quantitative estimate of drug-likeness (QED) is 0.788. The van der Waals surface area contributed by atoms with Crippen molar-refractivity contribution in [1.29, 1.82) is 0 Å². The summed E-state index contributed by atoms with van der Waals surface area (Å²) >= 11 is 0. The number of hydrogen-bond acceptors (Lipinski definition) is 5.